The Labute approximate surface area is 204 Å². The summed E-state index contributed by atoms with van der Waals surface area (Å²) in [5, 5.41) is 0. The summed E-state index contributed by atoms with van der Waals surface area (Å²) < 4.78 is 57.1. The average molecular weight is 503 g/mol. The normalized spacial score (nSPS) is 32.5. The number of benzene rings is 2. The van der Waals surface area contributed by atoms with E-state index in [2.05, 4.69) is 13.8 Å². The van der Waals surface area contributed by atoms with E-state index >= 15 is 0 Å². The summed E-state index contributed by atoms with van der Waals surface area (Å²) >= 11 is 0. The fraction of sp³-hybridized carbons (Fsp3) is 0.538. The van der Waals surface area contributed by atoms with Gasteiger partial charge >= 0.3 is 0 Å². The maximum absolute atomic E-state index is 13.5. The van der Waals surface area contributed by atoms with Crippen LogP contribution in [0.1, 0.15) is 37.8 Å². The molecule has 0 aromatic heterocycles. The standard InChI is InChI=1S/C26H34N2O4S2/c1-19-5-9-21(10-6-19)33(29,30)27-15-23-24-16-28(18-26(24,4)14-13-25(23,3)17-27)34(31,32)22-11-7-20(2)8-12-22/h5-12,23-24H,13-18H2,1-4H3. The van der Waals surface area contributed by atoms with E-state index in [9.17, 15) is 16.8 Å². The first kappa shape index (κ1) is 24.0. The predicted molar refractivity (Wildman–Crippen MR) is 132 cm³/mol. The van der Waals surface area contributed by atoms with Crippen LogP contribution in [0.15, 0.2) is 58.3 Å². The summed E-state index contributed by atoms with van der Waals surface area (Å²) in [4.78, 5) is 0.663. The molecule has 2 saturated heterocycles. The van der Waals surface area contributed by atoms with Gasteiger partial charge in [0.1, 0.15) is 0 Å². The number of rotatable bonds is 4. The van der Waals surface area contributed by atoms with E-state index in [4.69, 9.17) is 0 Å². The highest BCUT2D eigenvalue weighted by Gasteiger charge is 2.61. The van der Waals surface area contributed by atoms with E-state index in [0.717, 1.165) is 24.0 Å². The Morgan fingerprint density at radius 3 is 1.29 bits per heavy atom. The number of fused-ring (bicyclic) bond motifs is 3. The first-order chi connectivity index (χ1) is 15.8. The van der Waals surface area contributed by atoms with Crippen LogP contribution in [0.3, 0.4) is 0 Å². The molecule has 2 aliphatic heterocycles. The number of sulfonamides is 2. The van der Waals surface area contributed by atoms with Crippen molar-refractivity contribution in [1.29, 1.82) is 0 Å². The van der Waals surface area contributed by atoms with E-state index in [0.29, 0.717) is 36.0 Å². The molecule has 184 valence electrons. The molecule has 2 heterocycles. The zero-order valence-electron chi connectivity index (χ0n) is 20.4. The third kappa shape index (κ3) is 3.74. The van der Waals surface area contributed by atoms with Crippen LogP contribution in [0.2, 0.25) is 0 Å². The first-order valence-corrected chi connectivity index (χ1v) is 14.9. The Hall–Kier alpha value is -1.74. The van der Waals surface area contributed by atoms with Gasteiger partial charge in [-0.3, -0.25) is 0 Å². The van der Waals surface area contributed by atoms with Crippen molar-refractivity contribution in [2.75, 3.05) is 26.2 Å². The van der Waals surface area contributed by atoms with Crippen LogP contribution in [0.25, 0.3) is 0 Å². The van der Waals surface area contributed by atoms with E-state index in [1.807, 2.05) is 38.1 Å². The molecule has 1 saturated carbocycles. The van der Waals surface area contributed by atoms with Gasteiger partial charge in [-0.15, -0.1) is 0 Å². The van der Waals surface area contributed by atoms with Crippen molar-refractivity contribution in [3.8, 4) is 0 Å². The molecule has 5 rings (SSSR count). The molecule has 2 aromatic carbocycles. The summed E-state index contributed by atoms with van der Waals surface area (Å²) in [6, 6.07) is 14.1. The van der Waals surface area contributed by atoms with Gasteiger partial charge in [-0.25, -0.2) is 16.8 Å². The van der Waals surface area contributed by atoms with Crippen LogP contribution in [-0.2, 0) is 20.0 Å². The zero-order valence-corrected chi connectivity index (χ0v) is 22.0. The third-order valence-electron chi connectivity index (χ3n) is 8.74. The summed E-state index contributed by atoms with van der Waals surface area (Å²) in [7, 11) is -7.18. The second-order valence-corrected chi connectivity index (χ2v) is 15.1. The van der Waals surface area contributed by atoms with Crippen LogP contribution in [0.4, 0.5) is 0 Å². The van der Waals surface area contributed by atoms with Crippen LogP contribution >= 0.6 is 0 Å². The fourth-order valence-corrected chi connectivity index (χ4v) is 9.66. The van der Waals surface area contributed by atoms with Gasteiger partial charge in [0, 0.05) is 26.2 Å². The van der Waals surface area contributed by atoms with Gasteiger partial charge in [0.05, 0.1) is 9.79 Å². The SMILES string of the molecule is Cc1ccc(S(=O)(=O)N2CC3C4CN(S(=O)(=O)c5ccc(C)cc5)CC4(C)CCC3(C)C2)cc1. The van der Waals surface area contributed by atoms with Gasteiger partial charge < -0.3 is 0 Å². The molecule has 3 aliphatic rings. The van der Waals surface area contributed by atoms with Crippen LogP contribution in [0, 0.1) is 36.5 Å². The Kier molecular flexibility index (Phi) is 5.56. The highest BCUT2D eigenvalue weighted by molar-refractivity contribution is 7.89. The second-order valence-electron chi connectivity index (χ2n) is 11.2. The van der Waals surface area contributed by atoms with Gasteiger partial charge in [-0.2, -0.15) is 8.61 Å². The molecule has 4 unspecified atom stereocenters. The largest absolute Gasteiger partial charge is 0.243 e. The molecule has 1 aliphatic carbocycles. The van der Waals surface area contributed by atoms with Crippen molar-refractivity contribution in [2.45, 2.75) is 50.3 Å². The smallest absolute Gasteiger partial charge is 0.207 e. The molecule has 3 fully saturated rings. The lowest BCUT2D eigenvalue weighted by Crippen LogP contribution is -2.45. The number of hydrogen-bond donors (Lipinski definition) is 0. The third-order valence-corrected chi connectivity index (χ3v) is 12.4. The van der Waals surface area contributed by atoms with Crippen molar-refractivity contribution < 1.29 is 16.8 Å². The minimum absolute atomic E-state index is 0.129. The van der Waals surface area contributed by atoms with Crippen LogP contribution in [-0.4, -0.2) is 51.6 Å². The molecule has 8 heteroatoms. The molecule has 0 bridgehead atoms. The van der Waals surface area contributed by atoms with Crippen LogP contribution < -0.4 is 0 Å². The molecule has 0 amide bonds. The quantitative estimate of drug-likeness (QED) is 0.632. The highest BCUT2D eigenvalue weighted by Crippen LogP contribution is 2.59. The average Bonchev–Trinajstić information content (AvgIpc) is 3.32. The molecular formula is C26H34N2O4S2. The minimum atomic E-state index is -3.59. The number of aryl methyl sites for hydroxylation is 2. The maximum atomic E-state index is 13.5. The topological polar surface area (TPSA) is 74.8 Å². The lowest BCUT2D eigenvalue weighted by atomic mass is 9.56. The Bertz CT molecular complexity index is 1200. The molecule has 34 heavy (non-hydrogen) atoms. The lowest BCUT2D eigenvalue weighted by molar-refractivity contribution is 0.0267. The van der Waals surface area contributed by atoms with Gasteiger partial charge in [-0.05, 0) is 73.6 Å². The Morgan fingerprint density at radius 1 is 0.647 bits per heavy atom. The molecule has 2 aromatic rings. The van der Waals surface area contributed by atoms with Crippen LogP contribution in [0.5, 0.6) is 0 Å². The molecule has 0 radical (unpaired) electrons. The maximum Gasteiger partial charge on any atom is 0.243 e. The van der Waals surface area contributed by atoms with E-state index in [1.54, 1.807) is 32.9 Å². The molecule has 4 atom stereocenters. The minimum Gasteiger partial charge on any atom is -0.207 e. The second kappa shape index (κ2) is 7.88. The molecule has 0 spiro atoms. The van der Waals surface area contributed by atoms with Crippen molar-refractivity contribution >= 4 is 20.0 Å². The summed E-state index contributed by atoms with van der Waals surface area (Å²) in [5.41, 5.74) is 1.76. The van der Waals surface area contributed by atoms with Gasteiger partial charge in [0.2, 0.25) is 20.0 Å². The molecule has 6 nitrogen and oxygen atoms in total. The lowest BCUT2D eigenvalue weighted by Gasteiger charge is -2.47. The summed E-state index contributed by atoms with van der Waals surface area (Å²) in [6.45, 7) is 10.2. The molecular weight excluding hydrogens is 468 g/mol. The fourth-order valence-electron chi connectivity index (χ4n) is 6.46. The van der Waals surface area contributed by atoms with Gasteiger partial charge in [-0.1, -0.05) is 49.2 Å². The van der Waals surface area contributed by atoms with Crippen molar-refractivity contribution in [2.24, 2.45) is 22.7 Å². The summed E-state index contributed by atoms with van der Waals surface area (Å²) in [6.07, 6.45) is 1.81. The van der Waals surface area contributed by atoms with E-state index < -0.39 is 20.0 Å². The number of hydrogen-bond acceptors (Lipinski definition) is 4. The predicted octanol–water partition coefficient (Wildman–Crippen LogP) is 4.05. The zero-order chi connectivity index (χ0) is 24.5. The molecule has 0 N–H and O–H groups in total. The highest BCUT2D eigenvalue weighted by atomic mass is 32.2. The number of nitrogens with zero attached hydrogens (tertiary/aromatic N) is 2. The van der Waals surface area contributed by atoms with E-state index in [-0.39, 0.29) is 22.7 Å². The van der Waals surface area contributed by atoms with Crippen molar-refractivity contribution in [1.82, 2.24) is 8.61 Å². The Balaban J connectivity index is 1.43. The van der Waals surface area contributed by atoms with Crippen molar-refractivity contribution in [3.05, 3.63) is 59.7 Å². The van der Waals surface area contributed by atoms with E-state index in [1.165, 1.54) is 0 Å². The Morgan fingerprint density at radius 2 is 0.971 bits per heavy atom. The summed E-state index contributed by atoms with van der Waals surface area (Å²) in [5.74, 6) is 0.259. The first-order valence-electron chi connectivity index (χ1n) is 12.0. The van der Waals surface area contributed by atoms with Gasteiger partial charge in [0.15, 0.2) is 0 Å². The van der Waals surface area contributed by atoms with Gasteiger partial charge in [0.25, 0.3) is 0 Å². The monoisotopic (exact) mass is 502 g/mol. The van der Waals surface area contributed by atoms with Crippen molar-refractivity contribution in [3.63, 3.8) is 0 Å².